The first-order valence-corrected chi connectivity index (χ1v) is 9.78. The van der Waals surface area contributed by atoms with Gasteiger partial charge < -0.3 is 4.57 Å². The van der Waals surface area contributed by atoms with Gasteiger partial charge in [-0.1, -0.05) is 0 Å². The van der Waals surface area contributed by atoms with Gasteiger partial charge in [-0.3, -0.25) is 14.5 Å². The van der Waals surface area contributed by atoms with E-state index in [4.69, 9.17) is 0 Å². The fraction of sp³-hybridized carbons (Fsp3) is 0.737. The maximum absolute atomic E-state index is 4.45. The van der Waals surface area contributed by atoms with Crippen LogP contribution in [0.2, 0.25) is 0 Å². The largest absolute Gasteiger partial charge is 0.317 e. The molecule has 2 aliphatic rings. The molecule has 26 heavy (non-hydrogen) atoms. The number of likely N-dealkylation sites (tertiary alicyclic amines) is 1. The SMILES string of the molecule is CN(Cc1nnc(C2CC2)n1C)C[C@@H]1CCCN(C)[C@H]1c1cnn(C)c1. The first kappa shape index (κ1) is 17.7. The van der Waals surface area contributed by atoms with Crippen molar-refractivity contribution in [1.29, 1.82) is 0 Å². The second kappa shape index (κ2) is 7.12. The summed E-state index contributed by atoms with van der Waals surface area (Å²) in [5, 5.41) is 13.3. The second-order valence-corrected chi connectivity index (χ2v) is 8.28. The Morgan fingerprint density at radius 2 is 1.96 bits per heavy atom. The first-order valence-electron chi connectivity index (χ1n) is 9.78. The van der Waals surface area contributed by atoms with E-state index in [0.717, 1.165) is 25.5 Å². The molecule has 0 amide bonds. The standard InChI is InChI=1S/C19H31N7/c1-23(13-17-21-22-19(26(17)4)14-7-8-14)11-15-6-5-9-24(2)18(15)16-10-20-25(3)12-16/h10,12,14-15,18H,5-9,11,13H2,1-4H3/t15-,18+/m0/s1. The summed E-state index contributed by atoms with van der Waals surface area (Å²) in [6.07, 6.45) is 9.27. The molecule has 3 heterocycles. The maximum atomic E-state index is 4.45. The van der Waals surface area contributed by atoms with E-state index >= 15 is 0 Å². The summed E-state index contributed by atoms with van der Waals surface area (Å²) in [6, 6.07) is 0.446. The highest BCUT2D eigenvalue weighted by atomic mass is 15.3. The Morgan fingerprint density at radius 3 is 2.65 bits per heavy atom. The number of hydrogen-bond acceptors (Lipinski definition) is 5. The van der Waals surface area contributed by atoms with Gasteiger partial charge in [-0.25, -0.2) is 0 Å². The van der Waals surface area contributed by atoms with Crippen LogP contribution in [0.25, 0.3) is 0 Å². The van der Waals surface area contributed by atoms with Crippen LogP contribution in [0, 0.1) is 5.92 Å². The fourth-order valence-electron chi connectivity index (χ4n) is 4.49. The molecule has 7 heteroatoms. The van der Waals surface area contributed by atoms with Gasteiger partial charge in [0.15, 0.2) is 0 Å². The molecule has 0 unspecified atom stereocenters. The Bertz CT molecular complexity index is 745. The Morgan fingerprint density at radius 1 is 1.15 bits per heavy atom. The predicted molar refractivity (Wildman–Crippen MR) is 101 cm³/mol. The molecule has 0 radical (unpaired) electrons. The fourth-order valence-corrected chi connectivity index (χ4v) is 4.49. The van der Waals surface area contributed by atoms with Crippen molar-refractivity contribution < 1.29 is 0 Å². The second-order valence-electron chi connectivity index (χ2n) is 8.28. The Hall–Kier alpha value is -1.73. The third-order valence-corrected chi connectivity index (χ3v) is 5.97. The van der Waals surface area contributed by atoms with Crippen LogP contribution in [0.4, 0.5) is 0 Å². The van der Waals surface area contributed by atoms with Crippen LogP contribution in [0.3, 0.4) is 0 Å². The highest BCUT2D eigenvalue weighted by molar-refractivity contribution is 5.13. The summed E-state index contributed by atoms with van der Waals surface area (Å²) in [7, 11) is 8.57. The normalized spacial score (nSPS) is 24.5. The minimum Gasteiger partial charge on any atom is -0.317 e. The number of aryl methyl sites for hydroxylation is 1. The van der Waals surface area contributed by atoms with Gasteiger partial charge in [-0.15, -0.1) is 10.2 Å². The lowest BCUT2D eigenvalue weighted by atomic mass is 9.86. The predicted octanol–water partition coefficient (Wildman–Crippen LogP) is 1.94. The molecule has 2 aromatic rings. The zero-order valence-electron chi connectivity index (χ0n) is 16.5. The van der Waals surface area contributed by atoms with Crippen molar-refractivity contribution in [3.05, 3.63) is 29.6 Å². The van der Waals surface area contributed by atoms with E-state index in [2.05, 4.69) is 57.0 Å². The van der Waals surface area contributed by atoms with Gasteiger partial charge in [0.2, 0.25) is 0 Å². The maximum Gasteiger partial charge on any atom is 0.146 e. The molecule has 1 aliphatic heterocycles. The van der Waals surface area contributed by atoms with Gasteiger partial charge in [0.05, 0.1) is 12.7 Å². The smallest absolute Gasteiger partial charge is 0.146 e. The zero-order chi connectivity index (χ0) is 18.3. The summed E-state index contributed by atoms with van der Waals surface area (Å²) in [6.45, 7) is 3.08. The van der Waals surface area contributed by atoms with E-state index in [0.29, 0.717) is 17.9 Å². The molecule has 142 valence electrons. The number of piperidine rings is 1. The van der Waals surface area contributed by atoms with Gasteiger partial charge >= 0.3 is 0 Å². The van der Waals surface area contributed by atoms with E-state index in [-0.39, 0.29) is 0 Å². The molecular weight excluding hydrogens is 326 g/mol. The van der Waals surface area contributed by atoms with Crippen LogP contribution >= 0.6 is 0 Å². The van der Waals surface area contributed by atoms with Crippen molar-refractivity contribution in [2.75, 3.05) is 27.2 Å². The van der Waals surface area contributed by atoms with Gasteiger partial charge in [0.25, 0.3) is 0 Å². The third-order valence-electron chi connectivity index (χ3n) is 5.97. The van der Waals surface area contributed by atoms with Crippen molar-refractivity contribution in [2.45, 2.75) is 44.2 Å². The van der Waals surface area contributed by atoms with Crippen molar-refractivity contribution in [3.63, 3.8) is 0 Å². The van der Waals surface area contributed by atoms with Crippen LogP contribution in [0.5, 0.6) is 0 Å². The van der Waals surface area contributed by atoms with E-state index in [9.17, 15) is 0 Å². The topological polar surface area (TPSA) is 55.0 Å². The van der Waals surface area contributed by atoms with Crippen LogP contribution in [0.1, 0.15) is 54.9 Å². The summed E-state index contributed by atoms with van der Waals surface area (Å²) in [4.78, 5) is 4.90. The zero-order valence-corrected chi connectivity index (χ0v) is 16.5. The quantitative estimate of drug-likeness (QED) is 0.791. The average molecular weight is 358 g/mol. The molecule has 2 aromatic heterocycles. The van der Waals surface area contributed by atoms with Crippen molar-refractivity contribution in [3.8, 4) is 0 Å². The number of rotatable bonds is 6. The molecule has 1 saturated carbocycles. The van der Waals surface area contributed by atoms with Crippen LogP contribution in [-0.2, 0) is 20.6 Å². The Kier molecular flexibility index (Phi) is 4.84. The van der Waals surface area contributed by atoms with Crippen LogP contribution in [0.15, 0.2) is 12.4 Å². The third kappa shape index (κ3) is 3.55. The number of nitrogens with zero attached hydrogens (tertiary/aromatic N) is 7. The lowest BCUT2D eigenvalue weighted by molar-refractivity contribution is 0.0916. The molecular formula is C19H31N7. The molecule has 1 aliphatic carbocycles. The highest BCUT2D eigenvalue weighted by Gasteiger charge is 2.33. The van der Waals surface area contributed by atoms with Crippen molar-refractivity contribution in [2.24, 2.45) is 20.0 Å². The van der Waals surface area contributed by atoms with Gasteiger partial charge in [-0.2, -0.15) is 5.10 Å². The number of aromatic nitrogens is 5. The van der Waals surface area contributed by atoms with E-state index in [1.807, 2.05) is 17.9 Å². The number of hydrogen-bond donors (Lipinski definition) is 0. The summed E-state index contributed by atoms with van der Waals surface area (Å²) >= 11 is 0. The molecule has 4 rings (SSSR count). The molecule has 7 nitrogen and oxygen atoms in total. The van der Waals surface area contributed by atoms with Crippen molar-refractivity contribution >= 4 is 0 Å². The summed E-state index contributed by atoms with van der Waals surface area (Å²) in [5.74, 6) is 3.50. The molecule has 2 atom stereocenters. The monoisotopic (exact) mass is 357 g/mol. The first-order chi connectivity index (χ1) is 12.5. The summed E-state index contributed by atoms with van der Waals surface area (Å²) in [5.41, 5.74) is 1.34. The average Bonchev–Trinajstić information content (AvgIpc) is 3.25. The van der Waals surface area contributed by atoms with Gasteiger partial charge in [0.1, 0.15) is 11.6 Å². The molecule has 0 aromatic carbocycles. The lowest BCUT2D eigenvalue weighted by Gasteiger charge is -2.40. The molecule has 0 bridgehead atoms. The van der Waals surface area contributed by atoms with Gasteiger partial charge in [-0.05, 0) is 52.2 Å². The Labute approximate surface area is 156 Å². The van der Waals surface area contributed by atoms with Crippen LogP contribution < -0.4 is 0 Å². The Balaban J connectivity index is 1.44. The van der Waals surface area contributed by atoms with Gasteiger partial charge in [0, 0.05) is 44.4 Å². The molecule has 0 spiro atoms. The molecule has 2 fully saturated rings. The van der Waals surface area contributed by atoms with E-state index in [1.165, 1.54) is 37.1 Å². The van der Waals surface area contributed by atoms with Crippen LogP contribution in [-0.4, -0.2) is 61.5 Å². The highest BCUT2D eigenvalue weighted by Crippen LogP contribution is 2.39. The minimum absolute atomic E-state index is 0.446. The lowest BCUT2D eigenvalue weighted by Crippen LogP contribution is -2.41. The van der Waals surface area contributed by atoms with Crippen molar-refractivity contribution in [1.82, 2.24) is 34.3 Å². The molecule has 1 saturated heterocycles. The van der Waals surface area contributed by atoms with E-state index in [1.54, 1.807) is 0 Å². The van der Waals surface area contributed by atoms with E-state index < -0.39 is 0 Å². The summed E-state index contributed by atoms with van der Waals surface area (Å²) < 4.78 is 4.12. The minimum atomic E-state index is 0.446. The molecule has 0 N–H and O–H groups in total.